The van der Waals surface area contributed by atoms with Crippen LogP contribution in [0.4, 0.5) is 5.69 Å². The number of carbonyl (C=O) groups is 1. The largest absolute Gasteiger partial charge is 0.490 e. The molecule has 2 rings (SSSR count). The van der Waals surface area contributed by atoms with Gasteiger partial charge in [0, 0.05) is 19.2 Å². The van der Waals surface area contributed by atoms with E-state index in [1.807, 2.05) is 32.0 Å². The second-order valence-corrected chi connectivity index (χ2v) is 8.58. The first-order valence-corrected chi connectivity index (χ1v) is 11.2. The van der Waals surface area contributed by atoms with Gasteiger partial charge in [0.2, 0.25) is 10.0 Å². The van der Waals surface area contributed by atoms with Crippen molar-refractivity contribution in [1.29, 1.82) is 0 Å². The molecular weight excluding hydrogens is 392 g/mol. The van der Waals surface area contributed by atoms with Crippen LogP contribution in [-0.2, 0) is 16.6 Å². The normalized spacial score (nSPS) is 11.1. The fourth-order valence-electron chi connectivity index (χ4n) is 2.82. The van der Waals surface area contributed by atoms with Crippen molar-refractivity contribution in [3.05, 3.63) is 53.1 Å². The van der Waals surface area contributed by atoms with E-state index in [9.17, 15) is 13.2 Å². The summed E-state index contributed by atoms with van der Waals surface area (Å²) in [5, 5.41) is 2.88. The van der Waals surface area contributed by atoms with Gasteiger partial charge in [-0.15, -0.1) is 0 Å². The van der Waals surface area contributed by atoms with Gasteiger partial charge >= 0.3 is 0 Å². The molecule has 158 valence electrons. The molecule has 0 saturated carbocycles. The number of hydrogen-bond acceptors (Lipinski definition) is 5. The Morgan fingerprint density at radius 1 is 1.03 bits per heavy atom. The number of anilines is 1. The zero-order valence-electron chi connectivity index (χ0n) is 17.5. The minimum atomic E-state index is -3.36. The van der Waals surface area contributed by atoms with Gasteiger partial charge in [0.25, 0.3) is 5.91 Å². The maximum atomic E-state index is 12.5. The molecule has 0 atom stereocenters. The van der Waals surface area contributed by atoms with Crippen LogP contribution in [0.2, 0.25) is 0 Å². The van der Waals surface area contributed by atoms with Crippen LogP contribution >= 0.6 is 0 Å². The van der Waals surface area contributed by atoms with E-state index in [1.165, 1.54) is 11.4 Å². The molecule has 1 N–H and O–H groups in total. The molecule has 7 nitrogen and oxygen atoms in total. The SMILES string of the molecule is CCOc1ccc(CNC(=O)c2ccc(N(C)S(C)(=O)=O)c(C)c2)cc1OCC. The minimum absolute atomic E-state index is 0.242. The van der Waals surface area contributed by atoms with E-state index < -0.39 is 10.0 Å². The molecule has 1 amide bonds. The van der Waals surface area contributed by atoms with Gasteiger partial charge in [-0.2, -0.15) is 0 Å². The third-order valence-corrected chi connectivity index (χ3v) is 5.55. The van der Waals surface area contributed by atoms with E-state index in [0.717, 1.165) is 11.8 Å². The highest BCUT2D eigenvalue weighted by molar-refractivity contribution is 7.92. The van der Waals surface area contributed by atoms with Crippen molar-refractivity contribution in [3.63, 3.8) is 0 Å². The third-order valence-electron chi connectivity index (χ3n) is 4.36. The summed E-state index contributed by atoms with van der Waals surface area (Å²) in [4.78, 5) is 12.5. The summed E-state index contributed by atoms with van der Waals surface area (Å²) < 4.78 is 35.8. The molecule has 0 saturated heterocycles. The van der Waals surface area contributed by atoms with Gasteiger partial charge in [-0.3, -0.25) is 9.10 Å². The average molecular weight is 421 g/mol. The summed E-state index contributed by atoms with van der Waals surface area (Å²) in [7, 11) is -1.88. The Labute approximate surface area is 172 Å². The van der Waals surface area contributed by atoms with Gasteiger partial charge in [-0.05, 0) is 62.2 Å². The summed E-state index contributed by atoms with van der Waals surface area (Å²) in [5.41, 5.74) is 2.58. The van der Waals surface area contributed by atoms with E-state index in [1.54, 1.807) is 25.1 Å². The smallest absolute Gasteiger partial charge is 0.251 e. The lowest BCUT2D eigenvalue weighted by atomic mass is 10.1. The lowest BCUT2D eigenvalue weighted by Crippen LogP contribution is -2.26. The molecule has 0 bridgehead atoms. The minimum Gasteiger partial charge on any atom is -0.490 e. The van der Waals surface area contributed by atoms with E-state index >= 15 is 0 Å². The molecule has 0 spiro atoms. The molecule has 0 aliphatic rings. The fourth-order valence-corrected chi connectivity index (χ4v) is 3.38. The number of ether oxygens (including phenoxy) is 2. The topological polar surface area (TPSA) is 84.9 Å². The van der Waals surface area contributed by atoms with Gasteiger partial charge in [0.05, 0.1) is 25.2 Å². The number of sulfonamides is 1. The van der Waals surface area contributed by atoms with Crippen molar-refractivity contribution in [2.45, 2.75) is 27.3 Å². The molecule has 2 aromatic rings. The molecule has 0 aliphatic heterocycles. The molecular formula is C21H28N2O5S. The summed E-state index contributed by atoms with van der Waals surface area (Å²) >= 11 is 0. The van der Waals surface area contributed by atoms with Gasteiger partial charge in [0.1, 0.15) is 0 Å². The summed E-state index contributed by atoms with van der Waals surface area (Å²) in [6.45, 7) is 6.97. The Bertz CT molecular complexity index is 973. The molecule has 0 radical (unpaired) electrons. The first-order valence-electron chi connectivity index (χ1n) is 9.38. The standard InChI is InChI=1S/C21H28N2O5S/c1-6-27-19-11-8-16(13-20(19)28-7-2)14-22-21(24)17-9-10-18(15(3)12-17)23(4)29(5,25)26/h8-13H,6-7,14H2,1-5H3,(H,22,24). The molecule has 29 heavy (non-hydrogen) atoms. The average Bonchev–Trinajstić information content (AvgIpc) is 2.67. The predicted molar refractivity (Wildman–Crippen MR) is 114 cm³/mol. The van der Waals surface area contributed by atoms with Crippen molar-refractivity contribution >= 4 is 21.6 Å². The van der Waals surface area contributed by atoms with Crippen LogP contribution in [0.1, 0.15) is 35.3 Å². The van der Waals surface area contributed by atoms with E-state index in [4.69, 9.17) is 9.47 Å². The molecule has 0 fully saturated rings. The first-order chi connectivity index (χ1) is 13.7. The van der Waals surface area contributed by atoms with Gasteiger partial charge in [-0.1, -0.05) is 6.07 Å². The maximum Gasteiger partial charge on any atom is 0.251 e. The fraction of sp³-hybridized carbons (Fsp3) is 0.381. The molecule has 0 unspecified atom stereocenters. The Balaban J connectivity index is 2.11. The second kappa shape index (κ2) is 9.65. The van der Waals surface area contributed by atoms with Crippen LogP contribution < -0.4 is 19.1 Å². The van der Waals surface area contributed by atoms with Crippen LogP contribution in [0.25, 0.3) is 0 Å². The van der Waals surface area contributed by atoms with Crippen molar-refractivity contribution in [2.24, 2.45) is 0 Å². The summed E-state index contributed by atoms with van der Waals surface area (Å²) in [6, 6.07) is 10.5. The monoisotopic (exact) mass is 420 g/mol. The second-order valence-electron chi connectivity index (χ2n) is 6.56. The number of nitrogens with zero attached hydrogens (tertiary/aromatic N) is 1. The van der Waals surface area contributed by atoms with Crippen molar-refractivity contribution in [2.75, 3.05) is 30.8 Å². The van der Waals surface area contributed by atoms with E-state index in [2.05, 4.69) is 5.32 Å². The number of carbonyl (C=O) groups excluding carboxylic acids is 1. The molecule has 0 aromatic heterocycles. The Morgan fingerprint density at radius 2 is 1.69 bits per heavy atom. The lowest BCUT2D eigenvalue weighted by molar-refractivity contribution is 0.0950. The zero-order valence-corrected chi connectivity index (χ0v) is 18.3. The van der Waals surface area contributed by atoms with Crippen molar-refractivity contribution in [1.82, 2.24) is 5.32 Å². The number of rotatable bonds is 9. The summed E-state index contributed by atoms with van der Waals surface area (Å²) in [6.07, 6.45) is 1.14. The highest BCUT2D eigenvalue weighted by Crippen LogP contribution is 2.28. The van der Waals surface area contributed by atoms with E-state index in [0.29, 0.717) is 48.1 Å². The number of benzene rings is 2. The quantitative estimate of drug-likeness (QED) is 0.674. The Morgan fingerprint density at radius 3 is 2.28 bits per heavy atom. The van der Waals surface area contributed by atoms with Crippen LogP contribution in [0.3, 0.4) is 0 Å². The lowest BCUT2D eigenvalue weighted by Gasteiger charge is -2.19. The van der Waals surface area contributed by atoms with Crippen molar-refractivity contribution < 1.29 is 22.7 Å². The molecule has 2 aromatic carbocycles. The Hall–Kier alpha value is -2.74. The predicted octanol–water partition coefficient (Wildman–Crippen LogP) is 3.12. The zero-order chi connectivity index (χ0) is 21.6. The summed E-state index contributed by atoms with van der Waals surface area (Å²) in [5.74, 6) is 1.07. The molecule has 0 heterocycles. The van der Waals surface area contributed by atoms with Crippen LogP contribution in [0.5, 0.6) is 11.5 Å². The van der Waals surface area contributed by atoms with Crippen molar-refractivity contribution in [3.8, 4) is 11.5 Å². The number of nitrogens with one attached hydrogen (secondary N) is 1. The number of aryl methyl sites for hydroxylation is 1. The highest BCUT2D eigenvalue weighted by atomic mass is 32.2. The maximum absolute atomic E-state index is 12.5. The molecule has 0 aliphatic carbocycles. The van der Waals surface area contributed by atoms with Gasteiger partial charge < -0.3 is 14.8 Å². The van der Waals surface area contributed by atoms with Crippen LogP contribution in [0.15, 0.2) is 36.4 Å². The van der Waals surface area contributed by atoms with Crippen LogP contribution in [0, 0.1) is 6.92 Å². The Kier molecular flexibility index (Phi) is 7.50. The van der Waals surface area contributed by atoms with Gasteiger partial charge in [-0.25, -0.2) is 8.42 Å². The van der Waals surface area contributed by atoms with Crippen LogP contribution in [-0.4, -0.2) is 40.8 Å². The third kappa shape index (κ3) is 5.87. The highest BCUT2D eigenvalue weighted by Gasteiger charge is 2.16. The molecule has 8 heteroatoms. The number of amides is 1. The van der Waals surface area contributed by atoms with E-state index in [-0.39, 0.29) is 5.91 Å². The first kappa shape index (κ1) is 22.5. The number of hydrogen-bond donors (Lipinski definition) is 1. The van der Waals surface area contributed by atoms with Gasteiger partial charge in [0.15, 0.2) is 11.5 Å².